The van der Waals surface area contributed by atoms with Crippen molar-refractivity contribution in [3.05, 3.63) is 90.3 Å². The van der Waals surface area contributed by atoms with E-state index >= 15 is 0 Å². The van der Waals surface area contributed by atoms with Crippen LogP contribution in [0.2, 0.25) is 0 Å². The Morgan fingerprint density at radius 2 is 1.62 bits per heavy atom. The fraction of sp³-hybridized carbons (Fsp3) is 0.143. The van der Waals surface area contributed by atoms with E-state index < -0.39 is 0 Å². The summed E-state index contributed by atoms with van der Waals surface area (Å²) in [5.74, 6) is 0.729. The topological polar surface area (TPSA) is 63.2 Å². The average molecular weight is 347 g/mol. The molecule has 0 fully saturated rings. The molecular weight excluding hydrogens is 326 g/mol. The highest BCUT2D eigenvalue weighted by Crippen LogP contribution is 2.16. The molecule has 0 aliphatic rings. The van der Waals surface area contributed by atoms with Crippen molar-refractivity contribution in [1.82, 2.24) is 10.3 Å². The van der Waals surface area contributed by atoms with E-state index in [1.807, 2.05) is 66.7 Å². The third-order valence-electron chi connectivity index (χ3n) is 3.79. The summed E-state index contributed by atoms with van der Waals surface area (Å²) in [5, 5.41) is 5.97. The van der Waals surface area contributed by atoms with Crippen LogP contribution in [0.15, 0.2) is 79.1 Å². The normalized spacial score (nSPS) is 10.2. The number of hydrogen-bond acceptors (Lipinski definition) is 4. The van der Waals surface area contributed by atoms with Crippen LogP contribution < -0.4 is 15.4 Å². The van der Waals surface area contributed by atoms with Crippen molar-refractivity contribution in [3.63, 3.8) is 0 Å². The minimum Gasteiger partial charge on any atom is -0.489 e. The van der Waals surface area contributed by atoms with Crippen LogP contribution in [0.5, 0.6) is 5.75 Å². The van der Waals surface area contributed by atoms with E-state index in [1.165, 1.54) is 0 Å². The molecule has 26 heavy (non-hydrogen) atoms. The molecule has 0 atom stereocenters. The Labute approximate surface area is 153 Å². The summed E-state index contributed by atoms with van der Waals surface area (Å²) in [7, 11) is 0. The lowest BCUT2D eigenvalue weighted by molar-refractivity contribution is -0.119. The molecule has 132 valence electrons. The van der Waals surface area contributed by atoms with Gasteiger partial charge in [-0.15, -0.1) is 0 Å². The molecule has 1 aromatic heterocycles. The quantitative estimate of drug-likeness (QED) is 0.656. The van der Waals surface area contributed by atoms with Crippen molar-refractivity contribution in [2.24, 2.45) is 0 Å². The summed E-state index contributed by atoms with van der Waals surface area (Å²) in [6, 6.07) is 21.4. The molecule has 0 spiro atoms. The lowest BCUT2D eigenvalue weighted by atomic mass is 10.2. The number of nitrogens with one attached hydrogen (secondary N) is 2. The number of pyridine rings is 1. The van der Waals surface area contributed by atoms with Gasteiger partial charge < -0.3 is 15.4 Å². The summed E-state index contributed by atoms with van der Waals surface area (Å²) in [6.45, 7) is 1.25. The van der Waals surface area contributed by atoms with Crippen LogP contribution >= 0.6 is 0 Å². The molecule has 0 radical (unpaired) electrons. The van der Waals surface area contributed by atoms with Crippen LogP contribution in [0.25, 0.3) is 0 Å². The smallest absolute Gasteiger partial charge is 0.239 e. The summed E-state index contributed by atoms with van der Waals surface area (Å²) >= 11 is 0. The lowest BCUT2D eigenvalue weighted by Gasteiger charge is -2.10. The molecular formula is C21H21N3O2. The van der Waals surface area contributed by atoms with Crippen molar-refractivity contribution in [2.45, 2.75) is 13.2 Å². The summed E-state index contributed by atoms with van der Waals surface area (Å²) in [4.78, 5) is 15.9. The van der Waals surface area contributed by atoms with E-state index in [1.54, 1.807) is 12.4 Å². The number of anilines is 1. The molecule has 0 saturated carbocycles. The number of amides is 1. The number of carbonyl (C=O) groups excluding carboxylic acids is 1. The molecule has 2 N–H and O–H groups in total. The Bertz CT molecular complexity index is 806. The number of hydrogen-bond donors (Lipinski definition) is 2. The maximum atomic E-state index is 11.9. The van der Waals surface area contributed by atoms with Gasteiger partial charge in [-0.05, 0) is 47.5 Å². The van der Waals surface area contributed by atoms with E-state index in [0.717, 1.165) is 22.6 Å². The number of ether oxygens (including phenoxy) is 1. The molecule has 0 saturated heterocycles. The van der Waals surface area contributed by atoms with Gasteiger partial charge in [0.1, 0.15) is 12.4 Å². The van der Waals surface area contributed by atoms with Crippen LogP contribution in [-0.4, -0.2) is 17.4 Å². The second-order valence-electron chi connectivity index (χ2n) is 5.78. The molecule has 3 aromatic rings. The third kappa shape index (κ3) is 5.63. The van der Waals surface area contributed by atoms with Gasteiger partial charge in [-0.3, -0.25) is 9.78 Å². The minimum absolute atomic E-state index is 0.0637. The Morgan fingerprint density at radius 1 is 0.885 bits per heavy atom. The van der Waals surface area contributed by atoms with Crippen LogP contribution in [0.3, 0.4) is 0 Å². The van der Waals surface area contributed by atoms with E-state index in [9.17, 15) is 4.79 Å². The van der Waals surface area contributed by atoms with E-state index in [4.69, 9.17) is 4.74 Å². The number of carbonyl (C=O) groups is 1. The fourth-order valence-electron chi connectivity index (χ4n) is 2.36. The van der Waals surface area contributed by atoms with Gasteiger partial charge in [-0.25, -0.2) is 0 Å². The van der Waals surface area contributed by atoms with Crippen molar-refractivity contribution in [2.75, 3.05) is 11.9 Å². The van der Waals surface area contributed by atoms with Crippen molar-refractivity contribution >= 4 is 11.6 Å². The Balaban J connectivity index is 1.40. The second kappa shape index (κ2) is 9.22. The molecule has 0 unspecified atom stereocenters. The first-order chi connectivity index (χ1) is 12.8. The number of nitrogens with zero attached hydrogens (tertiary/aromatic N) is 1. The van der Waals surface area contributed by atoms with Crippen molar-refractivity contribution in [3.8, 4) is 5.75 Å². The van der Waals surface area contributed by atoms with Gasteiger partial charge in [-0.2, -0.15) is 0 Å². The summed E-state index contributed by atoms with van der Waals surface area (Å²) < 4.78 is 5.75. The third-order valence-corrected chi connectivity index (χ3v) is 3.79. The minimum atomic E-state index is -0.0637. The van der Waals surface area contributed by atoms with E-state index in [0.29, 0.717) is 13.2 Å². The highest BCUT2D eigenvalue weighted by molar-refractivity contribution is 5.80. The zero-order chi connectivity index (χ0) is 18.0. The van der Waals surface area contributed by atoms with Gasteiger partial charge in [0.2, 0.25) is 5.91 Å². The van der Waals surface area contributed by atoms with Crippen LogP contribution in [0, 0.1) is 0 Å². The number of benzene rings is 2. The fourth-order valence-corrected chi connectivity index (χ4v) is 2.36. The highest BCUT2D eigenvalue weighted by Gasteiger charge is 2.02. The molecule has 0 aliphatic carbocycles. The SMILES string of the molecule is O=C(CNc1ccc(OCc2ccccc2)cc1)NCc1ccncc1. The van der Waals surface area contributed by atoms with Crippen molar-refractivity contribution in [1.29, 1.82) is 0 Å². The van der Waals surface area contributed by atoms with Gasteiger partial charge >= 0.3 is 0 Å². The molecule has 0 aliphatic heterocycles. The number of aromatic nitrogens is 1. The first-order valence-electron chi connectivity index (χ1n) is 8.46. The van der Waals surface area contributed by atoms with Gasteiger partial charge in [-0.1, -0.05) is 30.3 Å². The first-order valence-corrected chi connectivity index (χ1v) is 8.46. The Morgan fingerprint density at radius 3 is 2.35 bits per heavy atom. The maximum Gasteiger partial charge on any atom is 0.239 e. The zero-order valence-electron chi connectivity index (χ0n) is 14.4. The van der Waals surface area contributed by atoms with Gasteiger partial charge in [0, 0.05) is 24.6 Å². The Hall–Kier alpha value is -3.34. The van der Waals surface area contributed by atoms with Crippen LogP contribution in [-0.2, 0) is 17.9 Å². The first kappa shape index (κ1) is 17.5. The lowest BCUT2D eigenvalue weighted by Crippen LogP contribution is -2.29. The van der Waals surface area contributed by atoms with E-state index in [-0.39, 0.29) is 12.5 Å². The molecule has 0 bridgehead atoms. The molecule has 1 heterocycles. The zero-order valence-corrected chi connectivity index (χ0v) is 14.4. The number of rotatable bonds is 8. The average Bonchev–Trinajstić information content (AvgIpc) is 2.71. The maximum absolute atomic E-state index is 11.9. The standard InChI is InChI=1S/C21H21N3O2/c25-21(24-14-17-10-12-22-13-11-17)15-23-19-6-8-20(9-7-19)26-16-18-4-2-1-3-5-18/h1-13,23H,14-16H2,(H,24,25). The predicted molar refractivity (Wildman–Crippen MR) is 102 cm³/mol. The predicted octanol–water partition coefficient (Wildman–Crippen LogP) is 3.39. The monoisotopic (exact) mass is 347 g/mol. The van der Waals surface area contributed by atoms with Crippen LogP contribution in [0.1, 0.15) is 11.1 Å². The van der Waals surface area contributed by atoms with Gasteiger partial charge in [0.15, 0.2) is 0 Å². The summed E-state index contributed by atoms with van der Waals surface area (Å²) in [5.41, 5.74) is 3.02. The Kier molecular flexibility index (Phi) is 6.20. The van der Waals surface area contributed by atoms with Crippen molar-refractivity contribution < 1.29 is 9.53 Å². The second-order valence-corrected chi connectivity index (χ2v) is 5.78. The molecule has 1 amide bonds. The van der Waals surface area contributed by atoms with Gasteiger partial charge in [0.05, 0.1) is 6.54 Å². The van der Waals surface area contributed by atoms with Gasteiger partial charge in [0.25, 0.3) is 0 Å². The molecule has 2 aromatic carbocycles. The molecule has 3 rings (SSSR count). The molecule has 5 nitrogen and oxygen atoms in total. The van der Waals surface area contributed by atoms with E-state index in [2.05, 4.69) is 15.6 Å². The highest BCUT2D eigenvalue weighted by atomic mass is 16.5. The molecule has 5 heteroatoms. The summed E-state index contributed by atoms with van der Waals surface area (Å²) in [6.07, 6.45) is 3.42. The van der Waals surface area contributed by atoms with Crippen LogP contribution in [0.4, 0.5) is 5.69 Å². The largest absolute Gasteiger partial charge is 0.489 e.